The zero-order valence-corrected chi connectivity index (χ0v) is 13.9. The van der Waals surface area contributed by atoms with Gasteiger partial charge in [-0.3, -0.25) is 4.79 Å². The second-order valence-electron chi connectivity index (χ2n) is 5.62. The second-order valence-corrected chi connectivity index (χ2v) is 5.62. The summed E-state index contributed by atoms with van der Waals surface area (Å²) in [5.41, 5.74) is 0.196. The lowest BCUT2D eigenvalue weighted by atomic mass is 10.1. The van der Waals surface area contributed by atoms with Crippen molar-refractivity contribution < 1.29 is 18.7 Å². The Bertz CT molecular complexity index is 505. The number of benzene rings is 1. The molecule has 5 heteroatoms. The van der Waals surface area contributed by atoms with Gasteiger partial charge in [0.05, 0.1) is 7.11 Å². The first-order chi connectivity index (χ1) is 11.1. The van der Waals surface area contributed by atoms with Gasteiger partial charge in [0.2, 0.25) is 0 Å². The van der Waals surface area contributed by atoms with Crippen LogP contribution in [0.2, 0.25) is 0 Å². The van der Waals surface area contributed by atoms with Crippen molar-refractivity contribution in [2.45, 2.75) is 57.9 Å². The molecule has 0 aromatic heterocycles. The largest absolute Gasteiger partial charge is 0.467 e. The van der Waals surface area contributed by atoms with Crippen LogP contribution in [-0.4, -0.2) is 25.0 Å². The lowest BCUT2D eigenvalue weighted by Crippen LogP contribution is -2.41. The highest BCUT2D eigenvalue weighted by atomic mass is 19.1. The number of halogens is 1. The predicted molar refractivity (Wildman–Crippen MR) is 87.7 cm³/mol. The van der Waals surface area contributed by atoms with E-state index in [9.17, 15) is 14.0 Å². The van der Waals surface area contributed by atoms with Crippen LogP contribution < -0.4 is 5.32 Å². The first-order valence-electron chi connectivity index (χ1n) is 8.22. The molecule has 0 aliphatic heterocycles. The minimum absolute atomic E-state index is 0.196. The average molecular weight is 323 g/mol. The molecule has 0 bridgehead atoms. The highest BCUT2D eigenvalue weighted by Crippen LogP contribution is 2.11. The number of esters is 1. The smallest absolute Gasteiger partial charge is 0.328 e. The maximum atomic E-state index is 13.2. The number of amides is 1. The van der Waals surface area contributed by atoms with E-state index in [0.717, 1.165) is 25.3 Å². The molecule has 1 amide bonds. The SMILES string of the molecule is CCCCCCCC[C@@H](NC(=O)c1cccc(F)c1)C(=O)OC. The van der Waals surface area contributed by atoms with Crippen LogP contribution in [0.5, 0.6) is 0 Å². The molecular formula is C18H26FNO3. The fourth-order valence-corrected chi connectivity index (χ4v) is 2.39. The maximum Gasteiger partial charge on any atom is 0.328 e. The van der Waals surface area contributed by atoms with Gasteiger partial charge in [0.1, 0.15) is 11.9 Å². The lowest BCUT2D eigenvalue weighted by Gasteiger charge is -2.16. The van der Waals surface area contributed by atoms with Gasteiger partial charge in [0.25, 0.3) is 5.91 Å². The Kier molecular flexibility index (Phi) is 8.95. The summed E-state index contributed by atoms with van der Waals surface area (Å²) in [6, 6.07) is 4.70. The summed E-state index contributed by atoms with van der Waals surface area (Å²) in [5, 5.41) is 2.63. The van der Waals surface area contributed by atoms with Crippen LogP contribution in [0.4, 0.5) is 4.39 Å². The number of unbranched alkanes of at least 4 members (excludes halogenated alkanes) is 5. The zero-order chi connectivity index (χ0) is 17.1. The summed E-state index contributed by atoms with van der Waals surface area (Å²) in [6.07, 6.45) is 7.11. The Balaban J connectivity index is 2.51. The fraction of sp³-hybridized carbons (Fsp3) is 0.556. The summed E-state index contributed by atoms with van der Waals surface area (Å²) in [4.78, 5) is 23.9. The summed E-state index contributed by atoms with van der Waals surface area (Å²) in [6.45, 7) is 2.16. The minimum atomic E-state index is -0.693. The van der Waals surface area contributed by atoms with Gasteiger partial charge in [-0.2, -0.15) is 0 Å². The molecule has 0 aliphatic rings. The van der Waals surface area contributed by atoms with Crippen molar-refractivity contribution in [2.24, 2.45) is 0 Å². The Hall–Kier alpha value is -1.91. The first kappa shape index (κ1) is 19.1. The summed E-state index contributed by atoms with van der Waals surface area (Å²) < 4.78 is 17.9. The van der Waals surface area contributed by atoms with E-state index in [1.54, 1.807) is 0 Å². The number of hydrogen-bond donors (Lipinski definition) is 1. The van der Waals surface area contributed by atoms with Crippen molar-refractivity contribution in [1.29, 1.82) is 0 Å². The van der Waals surface area contributed by atoms with Crippen molar-refractivity contribution in [3.05, 3.63) is 35.6 Å². The molecular weight excluding hydrogens is 297 g/mol. The Morgan fingerprint density at radius 1 is 1.17 bits per heavy atom. The van der Waals surface area contributed by atoms with Gasteiger partial charge in [0, 0.05) is 5.56 Å². The molecule has 0 aliphatic carbocycles. The van der Waals surface area contributed by atoms with Crippen molar-refractivity contribution in [3.8, 4) is 0 Å². The molecule has 0 heterocycles. The van der Waals surface area contributed by atoms with E-state index in [1.807, 2.05) is 0 Å². The van der Waals surface area contributed by atoms with Crippen molar-refractivity contribution in [2.75, 3.05) is 7.11 Å². The zero-order valence-electron chi connectivity index (χ0n) is 13.9. The average Bonchev–Trinajstić information content (AvgIpc) is 2.56. The fourth-order valence-electron chi connectivity index (χ4n) is 2.39. The third-order valence-corrected chi connectivity index (χ3v) is 3.72. The molecule has 128 valence electrons. The molecule has 0 fully saturated rings. The van der Waals surface area contributed by atoms with E-state index in [-0.39, 0.29) is 5.56 Å². The standard InChI is InChI=1S/C18H26FNO3/c1-3-4-5-6-7-8-12-16(18(22)23-2)20-17(21)14-10-9-11-15(19)13-14/h9-11,13,16H,3-8,12H2,1-2H3,(H,20,21)/t16-/m1/s1. The van der Waals surface area contributed by atoms with Gasteiger partial charge in [-0.1, -0.05) is 51.5 Å². The van der Waals surface area contributed by atoms with E-state index >= 15 is 0 Å². The van der Waals surface area contributed by atoms with Gasteiger partial charge in [-0.25, -0.2) is 9.18 Å². The molecule has 0 saturated carbocycles. The van der Waals surface area contributed by atoms with Crippen molar-refractivity contribution in [3.63, 3.8) is 0 Å². The number of rotatable bonds is 10. The molecule has 0 spiro atoms. The summed E-state index contributed by atoms with van der Waals surface area (Å²) in [5.74, 6) is -1.42. The Morgan fingerprint density at radius 3 is 2.52 bits per heavy atom. The molecule has 23 heavy (non-hydrogen) atoms. The number of ether oxygens (including phenoxy) is 1. The van der Waals surface area contributed by atoms with Gasteiger partial charge in [0.15, 0.2) is 0 Å². The quantitative estimate of drug-likeness (QED) is 0.525. The van der Waals surface area contributed by atoms with Crippen LogP contribution in [0.25, 0.3) is 0 Å². The van der Waals surface area contributed by atoms with Gasteiger partial charge in [-0.05, 0) is 24.6 Å². The van der Waals surface area contributed by atoms with Crippen molar-refractivity contribution >= 4 is 11.9 Å². The maximum absolute atomic E-state index is 13.2. The molecule has 0 radical (unpaired) electrons. The predicted octanol–water partition coefficient (Wildman–Crippen LogP) is 3.85. The lowest BCUT2D eigenvalue weighted by molar-refractivity contribution is -0.143. The van der Waals surface area contributed by atoms with Crippen LogP contribution in [-0.2, 0) is 9.53 Å². The third kappa shape index (κ3) is 7.26. The van der Waals surface area contributed by atoms with E-state index < -0.39 is 23.7 Å². The Morgan fingerprint density at radius 2 is 1.87 bits per heavy atom. The molecule has 1 N–H and O–H groups in total. The molecule has 0 saturated heterocycles. The number of carbonyl (C=O) groups is 2. The monoisotopic (exact) mass is 323 g/mol. The molecule has 1 rings (SSSR count). The number of carbonyl (C=O) groups excluding carboxylic acids is 2. The van der Waals surface area contributed by atoms with Crippen LogP contribution in [0.15, 0.2) is 24.3 Å². The van der Waals surface area contributed by atoms with Crippen molar-refractivity contribution in [1.82, 2.24) is 5.32 Å². The van der Waals surface area contributed by atoms with Crippen LogP contribution in [0.3, 0.4) is 0 Å². The van der Waals surface area contributed by atoms with Crippen LogP contribution in [0, 0.1) is 5.82 Å². The van der Waals surface area contributed by atoms with E-state index in [0.29, 0.717) is 6.42 Å². The van der Waals surface area contributed by atoms with E-state index in [1.165, 1.54) is 44.6 Å². The highest BCUT2D eigenvalue weighted by molar-refractivity contribution is 5.96. The second kappa shape index (κ2) is 10.8. The van der Waals surface area contributed by atoms with E-state index in [2.05, 4.69) is 12.2 Å². The molecule has 4 nitrogen and oxygen atoms in total. The normalized spacial score (nSPS) is 11.8. The topological polar surface area (TPSA) is 55.4 Å². The number of methoxy groups -OCH3 is 1. The first-order valence-corrected chi connectivity index (χ1v) is 8.22. The highest BCUT2D eigenvalue weighted by Gasteiger charge is 2.21. The van der Waals surface area contributed by atoms with Gasteiger partial charge < -0.3 is 10.1 Å². The Labute approximate surface area is 137 Å². The molecule has 0 unspecified atom stereocenters. The summed E-state index contributed by atoms with van der Waals surface area (Å²) in [7, 11) is 1.30. The molecule has 1 aromatic rings. The third-order valence-electron chi connectivity index (χ3n) is 3.72. The van der Waals surface area contributed by atoms with Gasteiger partial charge in [-0.15, -0.1) is 0 Å². The van der Waals surface area contributed by atoms with Crippen LogP contribution in [0.1, 0.15) is 62.2 Å². The number of nitrogens with one attached hydrogen (secondary N) is 1. The number of hydrogen-bond acceptors (Lipinski definition) is 3. The summed E-state index contributed by atoms with van der Waals surface area (Å²) >= 11 is 0. The molecule has 1 atom stereocenters. The molecule has 1 aromatic carbocycles. The van der Waals surface area contributed by atoms with Gasteiger partial charge >= 0.3 is 5.97 Å². The van der Waals surface area contributed by atoms with E-state index in [4.69, 9.17) is 4.74 Å². The minimum Gasteiger partial charge on any atom is -0.467 e. The van der Waals surface area contributed by atoms with Crippen LogP contribution >= 0.6 is 0 Å².